The number of nitrogens with one attached hydrogen (secondary N) is 1. The Labute approximate surface area is 154 Å². The van der Waals surface area contributed by atoms with Crippen LogP contribution in [-0.2, 0) is 0 Å². The summed E-state index contributed by atoms with van der Waals surface area (Å²) in [5, 5.41) is 3.41. The second-order valence-corrected chi connectivity index (χ2v) is 6.97. The van der Waals surface area contributed by atoms with Gasteiger partial charge in [-0.3, -0.25) is 4.79 Å². The third-order valence-electron chi connectivity index (χ3n) is 5.01. The lowest BCUT2D eigenvalue weighted by molar-refractivity contribution is 0.0637. The van der Waals surface area contributed by atoms with Crippen LogP contribution in [0.4, 0.5) is 5.82 Å². The van der Waals surface area contributed by atoms with Crippen molar-refractivity contribution < 1.29 is 4.79 Å². The topological polar surface area (TPSA) is 61.4 Å². The maximum Gasteiger partial charge on any atom is 0.272 e. The van der Waals surface area contributed by atoms with Gasteiger partial charge in [0.05, 0.1) is 0 Å². The number of carbonyl (C=O) groups excluding carboxylic acids is 1. The van der Waals surface area contributed by atoms with E-state index in [4.69, 9.17) is 0 Å². The highest BCUT2D eigenvalue weighted by atomic mass is 16.2. The average Bonchev–Trinajstić information content (AvgIpc) is 3.52. The SMILES string of the molecule is CCN1CCN(C(=O)c2cc(NC3CC3)nc(-c3ccccc3)n2)CC1. The van der Waals surface area contributed by atoms with E-state index in [9.17, 15) is 4.79 Å². The molecule has 2 aromatic rings. The predicted octanol–water partition coefficient (Wildman–Crippen LogP) is 2.50. The molecule has 1 aromatic carbocycles. The molecular formula is C20H25N5O. The van der Waals surface area contributed by atoms with Gasteiger partial charge in [-0.1, -0.05) is 37.3 Å². The summed E-state index contributed by atoms with van der Waals surface area (Å²) in [5.74, 6) is 1.35. The summed E-state index contributed by atoms with van der Waals surface area (Å²) in [6.45, 7) is 6.54. The minimum Gasteiger partial charge on any atom is -0.367 e. The van der Waals surface area contributed by atoms with Gasteiger partial charge >= 0.3 is 0 Å². The van der Waals surface area contributed by atoms with Crippen LogP contribution in [0.2, 0.25) is 0 Å². The summed E-state index contributed by atoms with van der Waals surface area (Å²) in [5.41, 5.74) is 1.41. The third-order valence-corrected chi connectivity index (χ3v) is 5.01. The Kier molecular flexibility index (Phi) is 4.84. The van der Waals surface area contributed by atoms with E-state index in [-0.39, 0.29) is 5.91 Å². The molecule has 0 atom stereocenters. The van der Waals surface area contributed by atoms with Crippen molar-refractivity contribution in [3.05, 3.63) is 42.1 Å². The van der Waals surface area contributed by atoms with E-state index in [1.807, 2.05) is 35.2 Å². The van der Waals surface area contributed by atoms with Crippen molar-refractivity contribution >= 4 is 11.7 Å². The zero-order valence-electron chi connectivity index (χ0n) is 15.2. The molecule has 2 fully saturated rings. The molecule has 0 unspecified atom stereocenters. The van der Waals surface area contributed by atoms with E-state index < -0.39 is 0 Å². The molecule has 1 amide bonds. The Morgan fingerprint density at radius 2 is 1.85 bits per heavy atom. The van der Waals surface area contributed by atoms with Gasteiger partial charge in [-0.15, -0.1) is 0 Å². The number of carbonyl (C=O) groups is 1. The fourth-order valence-corrected chi connectivity index (χ4v) is 3.21. The number of likely N-dealkylation sites (N-methyl/N-ethyl adjacent to an activating group) is 1. The van der Waals surface area contributed by atoms with Crippen LogP contribution in [0.1, 0.15) is 30.3 Å². The van der Waals surface area contributed by atoms with Crippen LogP contribution >= 0.6 is 0 Å². The first-order valence-corrected chi connectivity index (χ1v) is 9.45. The Hall–Kier alpha value is -2.47. The second-order valence-electron chi connectivity index (χ2n) is 6.97. The van der Waals surface area contributed by atoms with Gasteiger partial charge in [0.15, 0.2) is 5.82 Å². The molecule has 0 radical (unpaired) electrons. The number of aromatic nitrogens is 2. The van der Waals surface area contributed by atoms with Crippen LogP contribution in [0.5, 0.6) is 0 Å². The fraction of sp³-hybridized carbons (Fsp3) is 0.450. The molecule has 1 aromatic heterocycles. The minimum atomic E-state index is -0.000758. The normalized spacial score (nSPS) is 18.0. The molecule has 2 aliphatic rings. The Morgan fingerprint density at radius 1 is 1.12 bits per heavy atom. The van der Waals surface area contributed by atoms with E-state index >= 15 is 0 Å². The van der Waals surface area contributed by atoms with Gasteiger partial charge in [-0.2, -0.15) is 0 Å². The lowest BCUT2D eigenvalue weighted by Gasteiger charge is -2.33. The summed E-state index contributed by atoms with van der Waals surface area (Å²) in [6, 6.07) is 12.1. The van der Waals surface area contributed by atoms with E-state index in [1.54, 1.807) is 6.07 Å². The number of amides is 1. The highest BCUT2D eigenvalue weighted by molar-refractivity contribution is 5.93. The van der Waals surface area contributed by atoms with Crippen LogP contribution in [0.3, 0.4) is 0 Å². The van der Waals surface area contributed by atoms with Crippen LogP contribution < -0.4 is 5.32 Å². The largest absolute Gasteiger partial charge is 0.367 e. The number of piperazine rings is 1. The Bertz CT molecular complexity index is 767. The first-order chi connectivity index (χ1) is 12.7. The first kappa shape index (κ1) is 17.0. The number of hydrogen-bond donors (Lipinski definition) is 1. The summed E-state index contributed by atoms with van der Waals surface area (Å²) < 4.78 is 0. The highest BCUT2D eigenvalue weighted by Crippen LogP contribution is 2.26. The zero-order chi connectivity index (χ0) is 17.9. The van der Waals surface area contributed by atoms with Crippen molar-refractivity contribution in [3.63, 3.8) is 0 Å². The molecule has 26 heavy (non-hydrogen) atoms. The van der Waals surface area contributed by atoms with Crippen molar-refractivity contribution in [2.45, 2.75) is 25.8 Å². The van der Waals surface area contributed by atoms with Crippen molar-refractivity contribution in [3.8, 4) is 11.4 Å². The van der Waals surface area contributed by atoms with E-state index in [0.29, 0.717) is 17.6 Å². The first-order valence-electron chi connectivity index (χ1n) is 9.45. The van der Waals surface area contributed by atoms with Gasteiger partial charge in [0.2, 0.25) is 0 Å². The summed E-state index contributed by atoms with van der Waals surface area (Å²) in [7, 11) is 0. The van der Waals surface area contributed by atoms with E-state index in [2.05, 4.69) is 27.1 Å². The second kappa shape index (κ2) is 7.41. The summed E-state index contributed by atoms with van der Waals surface area (Å²) in [4.78, 5) is 26.5. The molecule has 4 rings (SSSR count). The summed E-state index contributed by atoms with van der Waals surface area (Å²) >= 11 is 0. The fourth-order valence-electron chi connectivity index (χ4n) is 3.21. The van der Waals surface area contributed by atoms with Gasteiger partial charge in [0, 0.05) is 43.9 Å². The monoisotopic (exact) mass is 351 g/mol. The molecule has 6 heteroatoms. The van der Waals surface area contributed by atoms with Crippen LogP contribution in [0.15, 0.2) is 36.4 Å². The van der Waals surface area contributed by atoms with Crippen LogP contribution in [0.25, 0.3) is 11.4 Å². The van der Waals surface area contributed by atoms with Crippen molar-refractivity contribution in [1.82, 2.24) is 19.8 Å². The molecule has 1 aliphatic heterocycles. The minimum absolute atomic E-state index is 0.000758. The number of hydrogen-bond acceptors (Lipinski definition) is 5. The lowest BCUT2D eigenvalue weighted by atomic mass is 10.2. The number of benzene rings is 1. The van der Waals surface area contributed by atoms with E-state index in [0.717, 1.165) is 56.9 Å². The molecule has 6 nitrogen and oxygen atoms in total. The van der Waals surface area contributed by atoms with Gasteiger partial charge in [0.1, 0.15) is 11.5 Å². The maximum atomic E-state index is 13.0. The van der Waals surface area contributed by atoms with Crippen LogP contribution in [-0.4, -0.2) is 64.4 Å². The van der Waals surface area contributed by atoms with Gasteiger partial charge < -0.3 is 15.1 Å². The van der Waals surface area contributed by atoms with Crippen molar-refractivity contribution in [1.29, 1.82) is 0 Å². The third kappa shape index (κ3) is 3.85. The average molecular weight is 351 g/mol. The smallest absolute Gasteiger partial charge is 0.272 e. The maximum absolute atomic E-state index is 13.0. The lowest BCUT2D eigenvalue weighted by Crippen LogP contribution is -2.48. The van der Waals surface area contributed by atoms with Crippen LogP contribution in [0, 0.1) is 0 Å². The summed E-state index contributed by atoms with van der Waals surface area (Å²) in [6.07, 6.45) is 2.32. The molecule has 2 heterocycles. The predicted molar refractivity (Wildman–Crippen MR) is 102 cm³/mol. The molecule has 1 saturated carbocycles. The Morgan fingerprint density at radius 3 is 2.50 bits per heavy atom. The molecule has 1 saturated heterocycles. The van der Waals surface area contributed by atoms with Gasteiger partial charge in [-0.25, -0.2) is 9.97 Å². The molecule has 136 valence electrons. The standard InChI is InChI=1S/C20H25N5O/c1-2-24-10-12-25(13-11-24)20(26)17-14-18(21-16-8-9-16)23-19(22-17)15-6-4-3-5-7-15/h3-7,14,16H,2,8-13H2,1H3,(H,21,22,23). The highest BCUT2D eigenvalue weighted by Gasteiger charge is 2.25. The number of nitrogens with zero attached hydrogens (tertiary/aromatic N) is 4. The quantitative estimate of drug-likeness (QED) is 0.897. The van der Waals surface area contributed by atoms with Gasteiger partial charge in [-0.05, 0) is 19.4 Å². The molecule has 1 aliphatic carbocycles. The van der Waals surface area contributed by atoms with Crippen molar-refractivity contribution in [2.75, 3.05) is 38.0 Å². The number of rotatable bonds is 5. The van der Waals surface area contributed by atoms with E-state index in [1.165, 1.54) is 0 Å². The molecule has 1 N–H and O–H groups in total. The number of anilines is 1. The molecule has 0 bridgehead atoms. The van der Waals surface area contributed by atoms with Gasteiger partial charge in [0.25, 0.3) is 5.91 Å². The Balaban J connectivity index is 1.60. The molecular weight excluding hydrogens is 326 g/mol. The van der Waals surface area contributed by atoms with Crippen molar-refractivity contribution in [2.24, 2.45) is 0 Å². The molecule has 0 spiro atoms. The zero-order valence-corrected chi connectivity index (χ0v) is 15.2.